The number of benzene rings is 2. The van der Waals surface area contributed by atoms with Crippen LogP contribution in [0.4, 0.5) is 0 Å². The van der Waals surface area contributed by atoms with E-state index in [-0.39, 0.29) is 11.5 Å². The second-order valence-electron chi connectivity index (χ2n) is 10.8. The molecule has 2 saturated heterocycles. The molecule has 2 aromatic rings. The van der Waals surface area contributed by atoms with Gasteiger partial charge in [-0.15, -0.1) is 0 Å². The van der Waals surface area contributed by atoms with E-state index in [0.717, 1.165) is 70.7 Å². The van der Waals surface area contributed by atoms with Crippen LogP contribution in [-0.4, -0.2) is 64.4 Å². The van der Waals surface area contributed by atoms with Gasteiger partial charge in [0.1, 0.15) is 5.75 Å². The largest absolute Gasteiger partial charge is 0.508 e. The smallest absolute Gasteiger partial charge is 0.115 e. The predicted octanol–water partition coefficient (Wildman–Crippen LogP) is 3.74. The van der Waals surface area contributed by atoms with E-state index in [0.29, 0.717) is 5.75 Å². The van der Waals surface area contributed by atoms with E-state index in [1.165, 1.54) is 29.5 Å². The molecule has 32 heavy (non-hydrogen) atoms. The Morgan fingerprint density at radius 1 is 0.938 bits per heavy atom. The van der Waals surface area contributed by atoms with Gasteiger partial charge in [-0.05, 0) is 92.8 Å². The number of fused-ring (bicyclic) bond motifs is 1. The first-order valence-electron chi connectivity index (χ1n) is 12.6. The van der Waals surface area contributed by atoms with Gasteiger partial charge in [0.05, 0.1) is 5.60 Å². The minimum atomic E-state index is -0.720. The number of hydrogen-bond acceptors (Lipinski definition) is 4. The summed E-state index contributed by atoms with van der Waals surface area (Å²) < 4.78 is 0. The van der Waals surface area contributed by atoms with Crippen LogP contribution < -0.4 is 0 Å². The fourth-order valence-corrected chi connectivity index (χ4v) is 7.07. The Balaban J connectivity index is 1.31. The third-order valence-electron chi connectivity index (χ3n) is 9.08. The third-order valence-corrected chi connectivity index (χ3v) is 9.08. The molecule has 0 aromatic heterocycles. The highest BCUT2D eigenvalue weighted by Crippen LogP contribution is 2.56. The summed E-state index contributed by atoms with van der Waals surface area (Å²) in [5.41, 5.74) is 2.99. The lowest BCUT2D eigenvalue weighted by Gasteiger charge is -2.61. The standard InChI is InChI=1S/C28H36N2O2/c31-24-9-8-23-18-26-28(32)13-16-29(14-10-21-4-2-1-3-5-21)15-11-27(28,25(23)19-24)12-17-30(26)20-22-6-7-22/h1-5,8-9,19,22,26,31-32H,6-7,10-18,20H2/t26-,27+,28-/m1/s1. The SMILES string of the molecule is Oc1ccc2c(c1)[C@@]13CCN(CCc4ccccc4)CC[C@@]1(O)[C@@H](C2)N(CC1CC1)CC3. The van der Waals surface area contributed by atoms with Crippen molar-refractivity contribution < 1.29 is 10.2 Å². The van der Waals surface area contributed by atoms with Crippen LogP contribution in [0.1, 0.15) is 48.8 Å². The van der Waals surface area contributed by atoms with Gasteiger partial charge in [0.15, 0.2) is 0 Å². The van der Waals surface area contributed by atoms with Crippen molar-refractivity contribution in [2.24, 2.45) is 5.92 Å². The Bertz CT molecular complexity index is 975. The van der Waals surface area contributed by atoms with E-state index in [9.17, 15) is 10.2 Å². The quantitative estimate of drug-likeness (QED) is 0.756. The Morgan fingerprint density at radius 3 is 2.53 bits per heavy atom. The summed E-state index contributed by atoms with van der Waals surface area (Å²) in [6.45, 7) is 5.23. The number of aliphatic hydroxyl groups is 1. The zero-order valence-corrected chi connectivity index (χ0v) is 19.0. The summed E-state index contributed by atoms with van der Waals surface area (Å²) in [4.78, 5) is 5.20. The maximum atomic E-state index is 12.5. The van der Waals surface area contributed by atoms with Gasteiger partial charge in [-0.25, -0.2) is 0 Å². The van der Waals surface area contributed by atoms with Crippen molar-refractivity contribution >= 4 is 0 Å². The Labute approximate surface area is 191 Å². The molecule has 0 spiro atoms. The van der Waals surface area contributed by atoms with Crippen LogP contribution in [0.15, 0.2) is 48.5 Å². The molecule has 6 rings (SSSR count). The van der Waals surface area contributed by atoms with Crippen molar-refractivity contribution in [1.82, 2.24) is 9.80 Å². The molecule has 0 unspecified atom stereocenters. The molecule has 170 valence electrons. The Kier molecular flexibility index (Phi) is 5.09. The molecule has 0 amide bonds. The first-order chi connectivity index (χ1) is 15.6. The fraction of sp³-hybridized carbons (Fsp3) is 0.571. The summed E-state index contributed by atoms with van der Waals surface area (Å²) in [5.74, 6) is 1.17. The molecule has 3 atom stereocenters. The van der Waals surface area contributed by atoms with Crippen molar-refractivity contribution in [3.63, 3.8) is 0 Å². The fourth-order valence-electron chi connectivity index (χ4n) is 7.07. The highest BCUT2D eigenvalue weighted by atomic mass is 16.3. The molecular weight excluding hydrogens is 396 g/mol. The van der Waals surface area contributed by atoms with Gasteiger partial charge in [0.2, 0.25) is 0 Å². The molecule has 3 fully saturated rings. The highest BCUT2D eigenvalue weighted by Gasteiger charge is 2.63. The van der Waals surface area contributed by atoms with Crippen LogP contribution in [0.2, 0.25) is 0 Å². The zero-order chi connectivity index (χ0) is 21.8. The molecule has 2 bridgehead atoms. The molecule has 4 nitrogen and oxygen atoms in total. The number of phenols is 1. The van der Waals surface area contributed by atoms with Crippen molar-refractivity contribution in [3.05, 3.63) is 65.2 Å². The van der Waals surface area contributed by atoms with Crippen molar-refractivity contribution in [1.29, 1.82) is 0 Å². The maximum absolute atomic E-state index is 12.5. The molecule has 0 radical (unpaired) electrons. The number of phenolic OH excluding ortho intramolecular Hbond substituents is 1. The predicted molar refractivity (Wildman–Crippen MR) is 127 cm³/mol. The normalized spacial score (nSPS) is 32.7. The monoisotopic (exact) mass is 432 g/mol. The molecule has 4 heteroatoms. The molecule has 2 aliphatic carbocycles. The van der Waals surface area contributed by atoms with Gasteiger partial charge in [-0.2, -0.15) is 0 Å². The van der Waals surface area contributed by atoms with E-state index in [4.69, 9.17) is 0 Å². The van der Waals surface area contributed by atoms with Crippen molar-refractivity contribution in [2.75, 3.05) is 32.7 Å². The number of piperidine rings is 1. The number of aromatic hydroxyl groups is 1. The summed E-state index contributed by atoms with van der Waals surface area (Å²) in [7, 11) is 0. The minimum absolute atomic E-state index is 0.197. The van der Waals surface area contributed by atoms with Gasteiger partial charge < -0.3 is 15.1 Å². The van der Waals surface area contributed by atoms with Crippen LogP contribution in [0, 0.1) is 5.92 Å². The van der Waals surface area contributed by atoms with E-state index in [1.54, 1.807) is 0 Å². The van der Waals surface area contributed by atoms with E-state index in [2.05, 4.69) is 46.2 Å². The second kappa shape index (κ2) is 7.86. The first-order valence-corrected chi connectivity index (χ1v) is 12.6. The Hall–Kier alpha value is -1.88. The average molecular weight is 433 g/mol. The number of rotatable bonds is 5. The number of hydrogen-bond donors (Lipinski definition) is 2. The molecule has 2 aliphatic heterocycles. The molecule has 1 saturated carbocycles. The first kappa shape index (κ1) is 20.7. The van der Waals surface area contributed by atoms with E-state index in [1.807, 2.05) is 12.1 Å². The lowest BCUT2D eigenvalue weighted by atomic mass is 9.52. The second-order valence-corrected chi connectivity index (χ2v) is 10.8. The lowest BCUT2D eigenvalue weighted by Crippen LogP contribution is -2.71. The van der Waals surface area contributed by atoms with Gasteiger partial charge in [0, 0.05) is 31.1 Å². The summed E-state index contributed by atoms with van der Waals surface area (Å²) in [6.07, 6.45) is 7.46. The van der Waals surface area contributed by atoms with Crippen LogP contribution in [0.3, 0.4) is 0 Å². The molecule has 2 N–H and O–H groups in total. The van der Waals surface area contributed by atoms with Crippen LogP contribution >= 0.6 is 0 Å². The van der Waals surface area contributed by atoms with Crippen LogP contribution in [0.5, 0.6) is 5.75 Å². The number of likely N-dealkylation sites (tertiary alicyclic amines) is 2. The lowest BCUT2D eigenvalue weighted by molar-refractivity contribution is -0.149. The molecule has 2 heterocycles. The average Bonchev–Trinajstić information content (AvgIpc) is 3.63. The Morgan fingerprint density at radius 2 is 1.72 bits per heavy atom. The summed E-state index contributed by atoms with van der Waals surface area (Å²) in [5, 5.41) is 22.9. The number of nitrogens with zero attached hydrogens (tertiary/aromatic N) is 2. The molecular formula is C28H36N2O2. The summed E-state index contributed by atoms with van der Waals surface area (Å²) >= 11 is 0. The summed E-state index contributed by atoms with van der Waals surface area (Å²) in [6, 6.07) is 16.9. The van der Waals surface area contributed by atoms with E-state index < -0.39 is 5.60 Å². The van der Waals surface area contributed by atoms with Crippen LogP contribution in [0.25, 0.3) is 0 Å². The van der Waals surface area contributed by atoms with Crippen molar-refractivity contribution in [3.8, 4) is 5.75 Å². The van der Waals surface area contributed by atoms with E-state index >= 15 is 0 Å². The molecule has 4 aliphatic rings. The topological polar surface area (TPSA) is 46.9 Å². The van der Waals surface area contributed by atoms with Gasteiger partial charge in [-0.1, -0.05) is 36.4 Å². The zero-order valence-electron chi connectivity index (χ0n) is 19.0. The maximum Gasteiger partial charge on any atom is 0.115 e. The minimum Gasteiger partial charge on any atom is -0.508 e. The van der Waals surface area contributed by atoms with Crippen LogP contribution in [-0.2, 0) is 18.3 Å². The van der Waals surface area contributed by atoms with Crippen molar-refractivity contribution in [2.45, 2.75) is 62.0 Å². The van der Waals surface area contributed by atoms with Gasteiger partial charge >= 0.3 is 0 Å². The van der Waals surface area contributed by atoms with Gasteiger partial charge in [-0.3, -0.25) is 4.90 Å². The highest BCUT2D eigenvalue weighted by molar-refractivity contribution is 5.48. The van der Waals surface area contributed by atoms with Gasteiger partial charge in [0.25, 0.3) is 0 Å². The third kappa shape index (κ3) is 3.39. The molecule has 2 aromatic carbocycles.